The number of hydrogen-bond acceptors (Lipinski definition) is 2. The molecule has 1 heterocycles. The topological polar surface area (TPSA) is 23.9 Å². The Hall–Kier alpha value is -0.240. The number of hydrogen-bond donors (Lipinski definition) is 1. The molecule has 1 aliphatic rings. The molecule has 0 aromatic rings. The lowest BCUT2D eigenvalue weighted by Gasteiger charge is -2.12. The first-order chi connectivity index (χ1) is 3.63. The van der Waals surface area contributed by atoms with Crippen LogP contribution in [0.1, 0.15) is 13.8 Å². The van der Waals surface area contributed by atoms with Gasteiger partial charge >= 0.3 is 0 Å². The summed E-state index contributed by atoms with van der Waals surface area (Å²) < 4.78 is 0. The van der Waals surface area contributed by atoms with E-state index in [4.69, 9.17) is 5.41 Å². The van der Waals surface area contributed by atoms with Crippen LogP contribution >= 0.6 is 11.8 Å². The highest BCUT2D eigenvalue weighted by molar-refractivity contribution is 8.16. The summed E-state index contributed by atoms with van der Waals surface area (Å²) in [6, 6.07) is 0. The molecule has 1 N–H and O–H groups in total. The standard InChI is InChI=1S/C6H9NS/c1-6(2)3-4-8-5(6)7/h3-4,7H,1-2H3. The van der Waals surface area contributed by atoms with E-state index in [2.05, 4.69) is 6.08 Å². The maximum Gasteiger partial charge on any atom is 0.0777 e. The van der Waals surface area contributed by atoms with E-state index in [9.17, 15) is 0 Å². The molecular formula is C6H9NS. The molecule has 0 fully saturated rings. The fraction of sp³-hybridized carbons (Fsp3) is 0.500. The van der Waals surface area contributed by atoms with Crippen molar-refractivity contribution in [2.45, 2.75) is 13.8 Å². The molecule has 0 aromatic heterocycles. The van der Waals surface area contributed by atoms with Crippen LogP contribution in [0, 0.1) is 10.8 Å². The fourth-order valence-electron chi connectivity index (χ4n) is 0.500. The highest BCUT2D eigenvalue weighted by Gasteiger charge is 2.24. The van der Waals surface area contributed by atoms with Crippen LogP contribution in [0.2, 0.25) is 0 Å². The number of nitrogens with one attached hydrogen (secondary N) is 1. The number of allylic oxidation sites excluding steroid dienone is 1. The van der Waals surface area contributed by atoms with Gasteiger partial charge in [-0.2, -0.15) is 0 Å². The van der Waals surface area contributed by atoms with Crippen molar-refractivity contribution in [2.75, 3.05) is 0 Å². The predicted molar refractivity (Wildman–Crippen MR) is 38.2 cm³/mol. The summed E-state index contributed by atoms with van der Waals surface area (Å²) in [6.45, 7) is 4.09. The lowest BCUT2D eigenvalue weighted by molar-refractivity contribution is 0.690. The van der Waals surface area contributed by atoms with Crippen molar-refractivity contribution in [1.82, 2.24) is 0 Å². The highest BCUT2D eigenvalue weighted by Crippen LogP contribution is 2.33. The minimum atomic E-state index is 0.0185. The third-order valence-electron chi connectivity index (χ3n) is 1.26. The number of rotatable bonds is 0. The second kappa shape index (κ2) is 1.62. The van der Waals surface area contributed by atoms with Crippen molar-refractivity contribution in [2.24, 2.45) is 5.41 Å². The Kier molecular flexibility index (Phi) is 1.19. The van der Waals surface area contributed by atoms with Crippen LogP contribution in [0.15, 0.2) is 11.5 Å². The van der Waals surface area contributed by atoms with E-state index in [-0.39, 0.29) is 5.41 Å². The summed E-state index contributed by atoms with van der Waals surface area (Å²) >= 11 is 1.51. The zero-order valence-corrected chi connectivity index (χ0v) is 5.88. The quantitative estimate of drug-likeness (QED) is 0.530. The normalized spacial score (nSPS) is 24.5. The molecule has 1 aliphatic heterocycles. The van der Waals surface area contributed by atoms with E-state index in [0.29, 0.717) is 0 Å². The van der Waals surface area contributed by atoms with Gasteiger partial charge in [-0.05, 0) is 5.41 Å². The SMILES string of the molecule is CC1(C)C=CSC1=N. The largest absolute Gasteiger partial charge is 0.297 e. The Morgan fingerprint density at radius 1 is 1.62 bits per heavy atom. The van der Waals surface area contributed by atoms with Gasteiger partial charge in [0.05, 0.1) is 5.04 Å². The Bertz CT molecular complexity index is 147. The Morgan fingerprint density at radius 2 is 2.25 bits per heavy atom. The molecule has 0 spiro atoms. The van der Waals surface area contributed by atoms with Gasteiger partial charge in [-0.1, -0.05) is 31.7 Å². The Labute approximate surface area is 53.7 Å². The lowest BCUT2D eigenvalue weighted by atomic mass is 9.96. The van der Waals surface area contributed by atoms with Gasteiger partial charge in [0.2, 0.25) is 0 Å². The summed E-state index contributed by atoms with van der Waals surface area (Å²) in [5.74, 6) is 0. The van der Waals surface area contributed by atoms with E-state index in [1.165, 1.54) is 11.8 Å². The summed E-state index contributed by atoms with van der Waals surface area (Å²) in [6.07, 6.45) is 2.06. The summed E-state index contributed by atoms with van der Waals surface area (Å²) in [5.41, 5.74) is 0.0185. The highest BCUT2D eigenvalue weighted by atomic mass is 32.2. The molecule has 0 atom stereocenters. The van der Waals surface area contributed by atoms with Gasteiger partial charge < -0.3 is 0 Å². The van der Waals surface area contributed by atoms with Crippen LogP contribution in [0.5, 0.6) is 0 Å². The van der Waals surface area contributed by atoms with Crippen LogP contribution in [-0.2, 0) is 0 Å². The average Bonchev–Trinajstić information content (AvgIpc) is 1.86. The second-order valence-electron chi connectivity index (χ2n) is 2.47. The van der Waals surface area contributed by atoms with Crippen LogP contribution in [-0.4, -0.2) is 5.04 Å². The van der Waals surface area contributed by atoms with Crippen LogP contribution in [0.4, 0.5) is 0 Å². The van der Waals surface area contributed by atoms with Crippen molar-refractivity contribution in [1.29, 1.82) is 5.41 Å². The lowest BCUT2D eigenvalue weighted by Crippen LogP contribution is -2.12. The smallest absolute Gasteiger partial charge is 0.0777 e. The first kappa shape index (κ1) is 5.89. The van der Waals surface area contributed by atoms with Gasteiger partial charge in [-0.25, -0.2) is 0 Å². The van der Waals surface area contributed by atoms with Crippen LogP contribution in [0.25, 0.3) is 0 Å². The van der Waals surface area contributed by atoms with E-state index >= 15 is 0 Å². The van der Waals surface area contributed by atoms with Crippen molar-refractivity contribution in [3.63, 3.8) is 0 Å². The van der Waals surface area contributed by atoms with E-state index in [1.807, 2.05) is 19.3 Å². The minimum Gasteiger partial charge on any atom is -0.297 e. The Morgan fingerprint density at radius 3 is 2.38 bits per heavy atom. The molecule has 0 aliphatic carbocycles. The molecule has 0 radical (unpaired) electrons. The molecule has 0 saturated heterocycles. The summed E-state index contributed by atoms with van der Waals surface area (Å²) in [4.78, 5) is 0. The molecule has 0 unspecified atom stereocenters. The maximum absolute atomic E-state index is 7.35. The fourth-order valence-corrected chi connectivity index (χ4v) is 1.42. The third-order valence-corrected chi connectivity index (χ3v) is 2.29. The maximum atomic E-state index is 7.35. The zero-order chi connectivity index (χ0) is 6.20. The van der Waals surface area contributed by atoms with Crippen molar-refractivity contribution < 1.29 is 0 Å². The summed E-state index contributed by atoms with van der Waals surface area (Å²) in [7, 11) is 0. The van der Waals surface area contributed by atoms with Gasteiger partial charge in [0.25, 0.3) is 0 Å². The molecule has 0 bridgehead atoms. The molecule has 44 valence electrons. The van der Waals surface area contributed by atoms with Gasteiger partial charge in [0.15, 0.2) is 0 Å². The van der Waals surface area contributed by atoms with Crippen LogP contribution < -0.4 is 0 Å². The van der Waals surface area contributed by atoms with E-state index in [1.54, 1.807) is 0 Å². The van der Waals surface area contributed by atoms with E-state index < -0.39 is 0 Å². The molecule has 8 heavy (non-hydrogen) atoms. The molecule has 1 nitrogen and oxygen atoms in total. The van der Waals surface area contributed by atoms with Gasteiger partial charge in [-0.15, -0.1) is 0 Å². The molecule has 2 heteroatoms. The van der Waals surface area contributed by atoms with Gasteiger partial charge in [-0.3, -0.25) is 5.41 Å². The first-order valence-corrected chi connectivity index (χ1v) is 3.44. The average molecular weight is 127 g/mol. The van der Waals surface area contributed by atoms with Crippen molar-refractivity contribution in [3.8, 4) is 0 Å². The van der Waals surface area contributed by atoms with Crippen LogP contribution in [0.3, 0.4) is 0 Å². The molecule has 0 saturated carbocycles. The van der Waals surface area contributed by atoms with Gasteiger partial charge in [0, 0.05) is 5.41 Å². The number of thioether (sulfide) groups is 1. The molecule has 1 rings (SSSR count). The zero-order valence-electron chi connectivity index (χ0n) is 5.06. The summed E-state index contributed by atoms with van der Waals surface area (Å²) in [5, 5.41) is 10.1. The first-order valence-electron chi connectivity index (χ1n) is 2.56. The molecular weight excluding hydrogens is 118 g/mol. The van der Waals surface area contributed by atoms with E-state index in [0.717, 1.165) is 5.04 Å². The third kappa shape index (κ3) is 0.802. The van der Waals surface area contributed by atoms with Gasteiger partial charge in [0.1, 0.15) is 0 Å². The monoisotopic (exact) mass is 127 g/mol. The minimum absolute atomic E-state index is 0.0185. The second-order valence-corrected chi connectivity index (χ2v) is 3.39. The molecule has 0 amide bonds. The van der Waals surface area contributed by atoms with Crippen molar-refractivity contribution in [3.05, 3.63) is 11.5 Å². The van der Waals surface area contributed by atoms with Crippen molar-refractivity contribution >= 4 is 16.8 Å². The Balaban J connectivity index is 2.82. The predicted octanol–water partition coefficient (Wildman–Crippen LogP) is 2.25. The molecule has 0 aromatic carbocycles.